The van der Waals surface area contributed by atoms with E-state index >= 15 is 0 Å². The van der Waals surface area contributed by atoms with Crippen LogP contribution in [0.15, 0.2) is 53.7 Å². The molecule has 0 bridgehead atoms. The lowest BCUT2D eigenvalue weighted by Crippen LogP contribution is -2.46. The smallest absolute Gasteiger partial charge is 0.319 e. The number of rotatable bonds is 4. The Morgan fingerprint density at radius 2 is 1.90 bits per heavy atom. The average molecular weight is 396 g/mol. The molecule has 3 N–H and O–H groups in total. The summed E-state index contributed by atoms with van der Waals surface area (Å²) in [5, 5.41) is 19.5. The van der Waals surface area contributed by atoms with Gasteiger partial charge in [-0.2, -0.15) is 0 Å². The lowest BCUT2D eigenvalue weighted by molar-refractivity contribution is -0.385. The number of benzene rings is 2. The molecular formula is C19H16N4O6. The molecule has 0 spiro atoms. The minimum Gasteiger partial charge on any atom is -0.454 e. The third-order valence-corrected chi connectivity index (χ3v) is 4.58. The SMILES string of the molecule is CC1=C(C(=O)Nc2ccccc2)C(c2cc3c(cc2[N+](=O)[O-])OCO3)NC(=O)N1. The van der Waals surface area contributed by atoms with Crippen LogP contribution < -0.4 is 25.4 Å². The van der Waals surface area contributed by atoms with Gasteiger partial charge < -0.3 is 25.4 Å². The van der Waals surface area contributed by atoms with Crippen LogP contribution >= 0.6 is 0 Å². The predicted molar refractivity (Wildman–Crippen MR) is 101 cm³/mol. The van der Waals surface area contributed by atoms with Crippen LogP contribution in [0.25, 0.3) is 0 Å². The fraction of sp³-hybridized carbons (Fsp3) is 0.158. The number of urea groups is 1. The van der Waals surface area contributed by atoms with Crippen LogP contribution in [0.1, 0.15) is 18.5 Å². The van der Waals surface area contributed by atoms with E-state index in [2.05, 4.69) is 16.0 Å². The van der Waals surface area contributed by atoms with Crippen LogP contribution in [0.4, 0.5) is 16.2 Å². The van der Waals surface area contributed by atoms with Crippen molar-refractivity contribution in [2.24, 2.45) is 0 Å². The van der Waals surface area contributed by atoms with E-state index in [4.69, 9.17) is 9.47 Å². The third-order valence-electron chi connectivity index (χ3n) is 4.58. The summed E-state index contributed by atoms with van der Waals surface area (Å²) < 4.78 is 10.5. The molecule has 2 aliphatic rings. The van der Waals surface area contributed by atoms with Gasteiger partial charge in [0, 0.05) is 11.4 Å². The molecule has 1 atom stereocenters. The minimum absolute atomic E-state index is 0.0647. The number of ether oxygens (including phenoxy) is 2. The van der Waals surface area contributed by atoms with Crippen LogP contribution in [-0.2, 0) is 4.79 Å². The van der Waals surface area contributed by atoms with Gasteiger partial charge in [0.15, 0.2) is 11.5 Å². The fourth-order valence-corrected chi connectivity index (χ4v) is 3.28. The molecule has 148 valence electrons. The number of carbonyl (C=O) groups excluding carboxylic acids is 2. The normalized spacial score (nSPS) is 17.4. The van der Waals surface area contributed by atoms with Gasteiger partial charge in [-0.25, -0.2) is 4.79 Å². The number of fused-ring (bicyclic) bond motifs is 1. The molecule has 0 aliphatic carbocycles. The highest BCUT2D eigenvalue weighted by Crippen LogP contribution is 2.42. The maximum atomic E-state index is 13.0. The first-order valence-corrected chi connectivity index (χ1v) is 8.66. The first kappa shape index (κ1) is 18.3. The molecule has 2 heterocycles. The summed E-state index contributed by atoms with van der Waals surface area (Å²) >= 11 is 0. The number of anilines is 1. The first-order chi connectivity index (χ1) is 13.9. The van der Waals surface area contributed by atoms with Crippen molar-refractivity contribution in [2.45, 2.75) is 13.0 Å². The van der Waals surface area contributed by atoms with E-state index in [1.54, 1.807) is 37.3 Å². The number of allylic oxidation sites excluding steroid dienone is 1. The molecule has 3 amide bonds. The number of nitro benzene ring substituents is 1. The van der Waals surface area contributed by atoms with Gasteiger partial charge >= 0.3 is 6.03 Å². The second-order valence-corrected chi connectivity index (χ2v) is 6.41. The molecule has 0 aromatic heterocycles. The summed E-state index contributed by atoms with van der Waals surface area (Å²) in [4.78, 5) is 36.2. The Morgan fingerprint density at radius 3 is 2.59 bits per heavy atom. The zero-order valence-corrected chi connectivity index (χ0v) is 15.2. The number of para-hydroxylation sites is 1. The quantitative estimate of drug-likeness (QED) is 0.538. The van der Waals surface area contributed by atoms with Crippen molar-refractivity contribution < 1.29 is 24.0 Å². The number of hydrogen-bond acceptors (Lipinski definition) is 6. The van der Waals surface area contributed by atoms with Gasteiger partial charge in [0.05, 0.1) is 28.2 Å². The van der Waals surface area contributed by atoms with Crippen LogP contribution in [0.5, 0.6) is 11.5 Å². The second-order valence-electron chi connectivity index (χ2n) is 6.41. The van der Waals surface area contributed by atoms with Crippen molar-refractivity contribution in [2.75, 3.05) is 12.1 Å². The van der Waals surface area contributed by atoms with E-state index in [1.165, 1.54) is 12.1 Å². The van der Waals surface area contributed by atoms with Crippen molar-refractivity contribution in [1.29, 1.82) is 0 Å². The Morgan fingerprint density at radius 1 is 1.21 bits per heavy atom. The largest absolute Gasteiger partial charge is 0.454 e. The highest BCUT2D eigenvalue weighted by molar-refractivity contribution is 6.07. The van der Waals surface area contributed by atoms with Crippen molar-refractivity contribution in [3.8, 4) is 11.5 Å². The second kappa shape index (κ2) is 7.15. The van der Waals surface area contributed by atoms with Crippen molar-refractivity contribution >= 4 is 23.3 Å². The lowest BCUT2D eigenvalue weighted by atomic mass is 9.93. The number of hydrogen-bond donors (Lipinski definition) is 3. The van der Waals surface area contributed by atoms with Crippen molar-refractivity contribution in [3.63, 3.8) is 0 Å². The van der Waals surface area contributed by atoms with Crippen molar-refractivity contribution in [1.82, 2.24) is 10.6 Å². The summed E-state index contributed by atoms with van der Waals surface area (Å²) in [7, 11) is 0. The molecule has 4 rings (SSSR count). The van der Waals surface area contributed by atoms with Gasteiger partial charge in [-0.1, -0.05) is 18.2 Å². The molecule has 0 saturated carbocycles. The predicted octanol–water partition coefficient (Wildman–Crippen LogP) is 2.59. The zero-order valence-electron chi connectivity index (χ0n) is 15.2. The molecular weight excluding hydrogens is 380 g/mol. The molecule has 29 heavy (non-hydrogen) atoms. The molecule has 2 aliphatic heterocycles. The lowest BCUT2D eigenvalue weighted by Gasteiger charge is -2.28. The van der Waals surface area contributed by atoms with E-state index < -0.39 is 22.9 Å². The summed E-state index contributed by atoms with van der Waals surface area (Å²) in [5.41, 5.74) is 0.814. The average Bonchev–Trinajstić information content (AvgIpc) is 3.14. The van der Waals surface area contributed by atoms with Gasteiger partial charge in [-0.05, 0) is 25.1 Å². The minimum atomic E-state index is -1.05. The Balaban J connectivity index is 1.79. The van der Waals surface area contributed by atoms with Crippen LogP contribution in [0.3, 0.4) is 0 Å². The van der Waals surface area contributed by atoms with Crippen molar-refractivity contribution in [3.05, 3.63) is 69.4 Å². The number of carbonyl (C=O) groups is 2. The van der Waals surface area contributed by atoms with E-state index in [1.807, 2.05) is 0 Å². The summed E-state index contributed by atoms with van der Waals surface area (Å²) in [6, 6.07) is 9.77. The molecule has 0 fully saturated rings. The number of amides is 3. The topological polar surface area (TPSA) is 132 Å². The standard InChI is InChI=1S/C19H16N4O6/c1-10-16(18(24)21-11-5-3-2-4-6-11)17(22-19(25)20-10)12-7-14-15(29-9-28-14)8-13(12)23(26)27/h2-8,17H,9H2,1H3,(H,21,24)(H2,20,22,25). The first-order valence-electron chi connectivity index (χ1n) is 8.66. The molecule has 2 aromatic carbocycles. The molecule has 2 aromatic rings. The zero-order chi connectivity index (χ0) is 20.5. The Bertz CT molecular complexity index is 1050. The number of nitrogens with zero attached hydrogens (tertiary/aromatic N) is 1. The molecule has 1 unspecified atom stereocenters. The fourth-order valence-electron chi connectivity index (χ4n) is 3.28. The van der Waals surface area contributed by atoms with E-state index in [0.29, 0.717) is 17.1 Å². The monoisotopic (exact) mass is 396 g/mol. The molecule has 10 nitrogen and oxygen atoms in total. The van der Waals surface area contributed by atoms with Gasteiger partial charge in [0.2, 0.25) is 6.79 Å². The summed E-state index contributed by atoms with van der Waals surface area (Å²) in [6.07, 6.45) is 0. The molecule has 0 saturated heterocycles. The van der Waals surface area contributed by atoms with Gasteiger partial charge in [-0.3, -0.25) is 14.9 Å². The molecule has 0 radical (unpaired) electrons. The highest BCUT2D eigenvalue weighted by atomic mass is 16.7. The van der Waals surface area contributed by atoms with Gasteiger partial charge in [-0.15, -0.1) is 0 Å². The third kappa shape index (κ3) is 3.43. The summed E-state index contributed by atoms with van der Waals surface area (Å²) in [6.45, 7) is 1.50. The summed E-state index contributed by atoms with van der Waals surface area (Å²) in [5.74, 6) is 0.0358. The van der Waals surface area contributed by atoms with Gasteiger partial charge in [0.1, 0.15) is 0 Å². The van der Waals surface area contributed by atoms with E-state index in [9.17, 15) is 19.7 Å². The highest BCUT2D eigenvalue weighted by Gasteiger charge is 2.37. The molecule has 10 heteroatoms. The van der Waals surface area contributed by atoms with E-state index in [-0.39, 0.29) is 29.4 Å². The Hall–Kier alpha value is -4.08. The number of nitro groups is 1. The Kier molecular flexibility index (Phi) is 4.51. The van der Waals surface area contributed by atoms with Crippen LogP contribution in [0, 0.1) is 10.1 Å². The van der Waals surface area contributed by atoms with E-state index in [0.717, 1.165) is 0 Å². The maximum Gasteiger partial charge on any atom is 0.319 e. The maximum absolute atomic E-state index is 13.0. The Labute approximate surface area is 164 Å². The van der Waals surface area contributed by atoms with Crippen LogP contribution in [0.2, 0.25) is 0 Å². The van der Waals surface area contributed by atoms with Gasteiger partial charge in [0.25, 0.3) is 11.6 Å². The van der Waals surface area contributed by atoms with Crippen LogP contribution in [-0.4, -0.2) is 23.7 Å². The number of nitrogens with one attached hydrogen (secondary N) is 3.